The molecule has 0 aliphatic heterocycles. The molecule has 24 heavy (non-hydrogen) atoms. The van der Waals surface area contributed by atoms with E-state index in [4.69, 9.17) is 14.9 Å². The smallest absolute Gasteiger partial charge is 0.404 e. The van der Waals surface area contributed by atoms with E-state index in [1.165, 1.54) is 12.3 Å². The molecule has 0 radical (unpaired) electrons. The number of aliphatic hydroxyl groups excluding tert-OH is 1. The van der Waals surface area contributed by atoms with Crippen LogP contribution in [0.1, 0.15) is 38.9 Å². The van der Waals surface area contributed by atoms with E-state index < -0.39 is 32.4 Å². The van der Waals surface area contributed by atoms with Crippen molar-refractivity contribution in [3.8, 4) is 0 Å². The summed E-state index contributed by atoms with van der Waals surface area (Å²) >= 11 is 0. The van der Waals surface area contributed by atoms with Gasteiger partial charge in [-0.25, -0.2) is 9.18 Å². The summed E-state index contributed by atoms with van der Waals surface area (Å²) in [6, 6.07) is 1.22. The van der Waals surface area contributed by atoms with Crippen molar-refractivity contribution in [1.29, 1.82) is 0 Å². The first kappa shape index (κ1) is 20.5. The molecule has 0 aromatic carbocycles. The summed E-state index contributed by atoms with van der Waals surface area (Å²) in [7, 11) is -2.15. The Kier molecular flexibility index (Phi) is 6.88. The number of primary amides is 1. The second-order valence-corrected chi connectivity index (χ2v) is 12.1. The summed E-state index contributed by atoms with van der Waals surface area (Å²) in [4.78, 5) is 14.6. The third kappa shape index (κ3) is 6.18. The van der Waals surface area contributed by atoms with Crippen molar-refractivity contribution < 1.29 is 23.5 Å². The van der Waals surface area contributed by atoms with E-state index in [0.717, 1.165) is 6.20 Å². The van der Waals surface area contributed by atoms with Gasteiger partial charge in [-0.2, -0.15) is 0 Å². The monoisotopic (exact) mass is 358 g/mol. The Morgan fingerprint density at radius 2 is 2.04 bits per heavy atom. The average molecular weight is 358 g/mol. The van der Waals surface area contributed by atoms with E-state index in [2.05, 4.69) is 38.8 Å². The Labute approximate surface area is 143 Å². The Morgan fingerprint density at radius 3 is 2.54 bits per heavy atom. The molecule has 2 atom stereocenters. The molecule has 1 unspecified atom stereocenters. The van der Waals surface area contributed by atoms with E-state index in [1.807, 2.05) is 0 Å². The molecule has 1 rings (SSSR count). The second kappa shape index (κ2) is 8.04. The highest BCUT2D eigenvalue weighted by atomic mass is 28.4. The molecule has 0 fully saturated rings. The maximum absolute atomic E-state index is 13.3. The normalized spacial score (nSPS) is 15.0. The first-order valence-corrected chi connectivity index (χ1v) is 10.7. The van der Waals surface area contributed by atoms with Crippen molar-refractivity contribution in [2.45, 2.75) is 57.5 Å². The number of nitrogens with zero attached hydrogens (tertiary/aromatic N) is 1. The van der Waals surface area contributed by atoms with Crippen LogP contribution in [0.4, 0.5) is 9.18 Å². The molecule has 1 amide bonds. The summed E-state index contributed by atoms with van der Waals surface area (Å²) in [5.74, 6) is -0.526. The number of carbonyl (C=O) groups excluding carboxylic acids is 1. The number of ether oxygens (including phenoxy) is 1. The number of aliphatic hydroxyl groups is 1. The summed E-state index contributed by atoms with van der Waals surface area (Å²) in [6.45, 7) is 10.3. The summed E-state index contributed by atoms with van der Waals surface area (Å²) in [5.41, 5.74) is 5.37. The number of hydrogen-bond donors (Lipinski definition) is 2. The van der Waals surface area contributed by atoms with Crippen molar-refractivity contribution in [1.82, 2.24) is 4.98 Å². The fourth-order valence-corrected chi connectivity index (χ4v) is 3.27. The molecular weight excluding hydrogens is 331 g/mol. The van der Waals surface area contributed by atoms with E-state index in [0.29, 0.717) is 5.56 Å². The number of rotatable bonds is 7. The van der Waals surface area contributed by atoms with E-state index in [-0.39, 0.29) is 18.1 Å². The summed E-state index contributed by atoms with van der Waals surface area (Å²) < 4.78 is 24.3. The number of pyridine rings is 1. The largest absolute Gasteiger partial charge is 0.447 e. The number of halogens is 1. The maximum atomic E-state index is 13.3. The van der Waals surface area contributed by atoms with Gasteiger partial charge in [-0.1, -0.05) is 20.8 Å². The molecular formula is C16H27FN2O4Si. The molecule has 0 aliphatic rings. The molecule has 0 saturated heterocycles. The lowest BCUT2D eigenvalue weighted by Gasteiger charge is -2.39. The quantitative estimate of drug-likeness (QED) is 0.730. The highest BCUT2D eigenvalue weighted by molar-refractivity contribution is 6.74. The van der Waals surface area contributed by atoms with Crippen molar-refractivity contribution >= 4 is 14.4 Å². The van der Waals surface area contributed by atoms with E-state index >= 15 is 0 Å². The van der Waals surface area contributed by atoms with Gasteiger partial charge in [0.1, 0.15) is 12.4 Å². The fourth-order valence-electron chi connectivity index (χ4n) is 1.91. The lowest BCUT2D eigenvalue weighted by atomic mass is 10.1. The molecule has 3 N–H and O–H groups in total. The van der Waals surface area contributed by atoms with Gasteiger partial charge in [-0.3, -0.25) is 4.98 Å². The second-order valence-electron chi connectivity index (χ2n) is 7.32. The van der Waals surface area contributed by atoms with Crippen LogP contribution in [0.2, 0.25) is 18.1 Å². The minimum Gasteiger partial charge on any atom is -0.447 e. The molecule has 6 nitrogen and oxygen atoms in total. The molecule has 0 bridgehead atoms. The van der Waals surface area contributed by atoms with Crippen molar-refractivity contribution in [2.75, 3.05) is 6.61 Å². The maximum Gasteiger partial charge on any atom is 0.404 e. The summed E-state index contributed by atoms with van der Waals surface area (Å²) in [5, 5.41) is 10.3. The lowest BCUT2D eigenvalue weighted by Crippen LogP contribution is -2.45. The topological polar surface area (TPSA) is 94.7 Å². The zero-order chi connectivity index (χ0) is 18.5. The van der Waals surface area contributed by atoms with Crippen LogP contribution in [-0.4, -0.2) is 37.2 Å². The average Bonchev–Trinajstić information content (AvgIpc) is 2.43. The third-order valence-electron chi connectivity index (χ3n) is 4.28. The van der Waals surface area contributed by atoms with E-state index in [9.17, 15) is 14.3 Å². The molecule has 136 valence electrons. The zero-order valence-electron chi connectivity index (χ0n) is 14.9. The van der Waals surface area contributed by atoms with Crippen molar-refractivity contribution in [3.63, 3.8) is 0 Å². The van der Waals surface area contributed by atoms with Crippen LogP contribution in [0, 0.1) is 5.82 Å². The standard InChI is InChI=1S/C16H27FN2O4Si/c1-16(2,3)24(4,5)23-13(10-22-15(18)21)7-14(20)11-6-12(17)9-19-8-11/h6,8-9,13-14,20H,7,10H2,1-5H3,(H2,18,21)/t13-,14?/m1/s1. The molecule has 1 aromatic heterocycles. The minimum atomic E-state index is -2.15. The molecule has 1 heterocycles. The van der Waals surface area contributed by atoms with Crippen LogP contribution in [0.3, 0.4) is 0 Å². The fraction of sp³-hybridized carbons (Fsp3) is 0.625. The van der Waals surface area contributed by atoms with Crippen LogP contribution >= 0.6 is 0 Å². The molecule has 0 saturated carbocycles. The highest BCUT2D eigenvalue weighted by Gasteiger charge is 2.39. The molecule has 1 aromatic rings. The number of carbonyl (C=O) groups is 1. The first-order valence-electron chi connectivity index (χ1n) is 7.81. The summed E-state index contributed by atoms with van der Waals surface area (Å²) in [6.07, 6.45) is 0.171. The van der Waals surface area contributed by atoms with Gasteiger partial charge in [0.05, 0.1) is 18.4 Å². The lowest BCUT2D eigenvalue weighted by molar-refractivity contribution is 0.0386. The van der Waals surface area contributed by atoms with Gasteiger partial charge >= 0.3 is 6.09 Å². The Bertz CT molecular complexity index is 563. The van der Waals surface area contributed by atoms with Crippen LogP contribution in [-0.2, 0) is 9.16 Å². The van der Waals surface area contributed by atoms with Crippen LogP contribution in [0.15, 0.2) is 18.5 Å². The third-order valence-corrected chi connectivity index (χ3v) is 8.81. The van der Waals surface area contributed by atoms with Gasteiger partial charge in [-0.15, -0.1) is 0 Å². The van der Waals surface area contributed by atoms with Gasteiger partial charge in [0, 0.05) is 18.2 Å². The predicted molar refractivity (Wildman–Crippen MR) is 91.4 cm³/mol. The van der Waals surface area contributed by atoms with Crippen molar-refractivity contribution in [3.05, 3.63) is 29.8 Å². The van der Waals surface area contributed by atoms with E-state index in [1.54, 1.807) is 0 Å². The number of amides is 1. The highest BCUT2D eigenvalue weighted by Crippen LogP contribution is 2.38. The zero-order valence-corrected chi connectivity index (χ0v) is 15.9. The number of aromatic nitrogens is 1. The van der Waals surface area contributed by atoms with Crippen molar-refractivity contribution in [2.24, 2.45) is 5.73 Å². The van der Waals surface area contributed by atoms with Gasteiger partial charge in [0.15, 0.2) is 8.32 Å². The van der Waals surface area contributed by atoms with Gasteiger partial charge in [0.25, 0.3) is 0 Å². The Morgan fingerprint density at radius 1 is 1.42 bits per heavy atom. The number of nitrogens with two attached hydrogens (primary N) is 1. The molecule has 0 spiro atoms. The van der Waals surface area contributed by atoms with Gasteiger partial charge in [-0.05, 0) is 24.2 Å². The van der Waals surface area contributed by atoms with Crippen LogP contribution in [0.25, 0.3) is 0 Å². The number of hydrogen-bond acceptors (Lipinski definition) is 5. The molecule has 8 heteroatoms. The van der Waals surface area contributed by atoms with Crippen LogP contribution in [0.5, 0.6) is 0 Å². The SMILES string of the molecule is CC(C)(C)[Si](C)(C)O[C@@H](COC(N)=O)CC(O)c1cncc(F)c1. The van der Waals surface area contributed by atoms with Gasteiger partial charge < -0.3 is 20.0 Å². The Hall–Kier alpha value is -1.51. The first-order chi connectivity index (χ1) is 10.9. The predicted octanol–water partition coefficient (Wildman–Crippen LogP) is 3.13. The Balaban J connectivity index is 2.87. The molecule has 0 aliphatic carbocycles. The van der Waals surface area contributed by atoms with Gasteiger partial charge in [0.2, 0.25) is 0 Å². The minimum absolute atomic E-state index is 0.0522. The van der Waals surface area contributed by atoms with Crippen LogP contribution < -0.4 is 5.73 Å².